The van der Waals surface area contributed by atoms with Gasteiger partial charge in [-0.25, -0.2) is 9.97 Å². The van der Waals surface area contributed by atoms with Crippen molar-refractivity contribution < 1.29 is 5.11 Å². The maximum Gasteiger partial charge on any atom is 0.135 e. The van der Waals surface area contributed by atoms with Crippen molar-refractivity contribution in [3.8, 4) is 11.3 Å². The fraction of sp³-hybridized carbons (Fsp3) is 0.478. The molecule has 5 heteroatoms. The van der Waals surface area contributed by atoms with E-state index in [1.165, 1.54) is 0 Å². The number of aliphatic hydroxyl groups excluding tert-OH is 1. The predicted octanol–water partition coefficient (Wildman–Crippen LogP) is 5.21. The first-order valence-corrected chi connectivity index (χ1v) is 10.2. The molecule has 0 spiro atoms. The number of hydrogen-bond acceptors (Lipinski definition) is 4. The zero-order valence-electron chi connectivity index (χ0n) is 17.9. The summed E-state index contributed by atoms with van der Waals surface area (Å²) in [6.45, 7) is 10.8. The van der Waals surface area contributed by atoms with Crippen molar-refractivity contribution in [3.05, 3.63) is 41.2 Å². The molecule has 0 aliphatic heterocycles. The minimum absolute atomic E-state index is 0.0908. The van der Waals surface area contributed by atoms with Gasteiger partial charge in [0.15, 0.2) is 0 Å². The third kappa shape index (κ3) is 3.63. The maximum absolute atomic E-state index is 9.86. The number of aliphatic hydroxyl groups is 1. The van der Waals surface area contributed by atoms with Crippen LogP contribution < -0.4 is 5.32 Å². The normalized spacial score (nSPS) is 12.7. The highest BCUT2D eigenvalue weighted by Crippen LogP contribution is 2.33. The van der Waals surface area contributed by atoms with E-state index >= 15 is 0 Å². The van der Waals surface area contributed by atoms with Crippen LogP contribution in [0.2, 0.25) is 0 Å². The van der Waals surface area contributed by atoms with Gasteiger partial charge < -0.3 is 15.0 Å². The number of aromatic nitrogens is 3. The summed E-state index contributed by atoms with van der Waals surface area (Å²) in [7, 11) is 1.90. The van der Waals surface area contributed by atoms with Crippen LogP contribution in [0.25, 0.3) is 22.3 Å². The van der Waals surface area contributed by atoms with Gasteiger partial charge in [0.25, 0.3) is 0 Å². The summed E-state index contributed by atoms with van der Waals surface area (Å²) in [6.07, 6.45) is 4.11. The zero-order valence-corrected chi connectivity index (χ0v) is 17.9. The second-order valence-electron chi connectivity index (χ2n) is 7.90. The van der Waals surface area contributed by atoms with Crippen LogP contribution in [-0.4, -0.2) is 33.3 Å². The summed E-state index contributed by atoms with van der Waals surface area (Å²) in [6, 6.07) is 6.49. The standard InChI is InChI=1S/C23H32N4O/c1-7-8-17(13-28)27-12-16(5)22-20(27)11-15(4)21(26-22)18-9-10-19(14(2)3)25-23(18)24-6/h9-12,14,17,28H,7-8,13H2,1-6H3,(H,24,25)/t17-/m0/s1. The van der Waals surface area contributed by atoms with Gasteiger partial charge in [-0.05, 0) is 55.5 Å². The molecular formula is C23H32N4O. The van der Waals surface area contributed by atoms with Crippen LogP contribution in [0.4, 0.5) is 5.82 Å². The number of anilines is 1. The lowest BCUT2D eigenvalue weighted by Gasteiger charge is -2.18. The number of hydrogen-bond donors (Lipinski definition) is 2. The van der Waals surface area contributed by atoms with E-state index in [1.54, 1.807) is 0 Å². The molecule has 0 saturated carbocycles. The van der Waals surface area contributed by atoms with Crippen LogP contribution in [0, 0.1) is 13.8 Å². The summed E-state index contributed by atoms with van der Waals surface area (Å²) in [4.78, 5) is 9.84. The second kappa shape index (κ2) is 8.31. The van der Waals surface area contributed by atoms with Crippen molar-refractivity contribution in [3.63, 3.8) is 0 Å². The largest absolute Gasteiger partial charge is 0.394 e. The first-order chi connectivity index (χ1) is 13.4. The molecule has 3 heterocycles. The van der Waals surface area contributed by atoms with E-state index in [2.05, 4.69) is 68.9 Å². The van der Waals surface area contributed by atoms with Gasteiger partial charge >= 0.3 is 0 Å². The van der Waals surface area contributed by atoms with Crippen molar-refractivity contribution in [2.24, 2.45) is 0 Å². The highest BCUT2D eigenvalue weighted by molar-refractivity contribution is 5.86. The lowest BCUT2D eigenvalue weighted by molar-refractivity contribution is 0.223. The molecular weight excluding hydrogens is 348 g/mol. The van der Waals surface area contributed by atoms with Crippen LogP contribution in [-0.2, 0) is 0 Å². The smallest absolute Gasteiger partial charge is 0.135 e. The van der Waals surface area contributed by atoms with Crippen LogP contribution >= 0.6 is 0 Å². The van der Waals surface area contributed by atoms with E-state index in [-0.39, 0.29) is 12.6 Å². The van der Waals surface area contributed by atoms with Crippen molar-refractivity contribution in [2.45, 2.75) is 59.4 Å². The van der Waals surface area contributed by atoms with E-state index in [1.807, 2.05) is 7.05 Å². The van der Waals surface area contributed by atoms with Crippen molar-refractivity contribution in [1.82, 2.24) is 14.5 Å². The van der Waals surface area contributed by atoms with Crippen molar-refractivity contribution in [1.29, 1.82) is 0 Å². The molecule has 0 saturated heterocycles. The molecule has 150 valence electrons. The fourth-order valence-electron chi connectivity index (χ4n) is 3.83. The summed E-state index contributed by atoms with van der Waals surface area (Å²) >= 11 is 0. The van der Waals surface area contributed by atoms with Crippen LogP contribution in [0.15, 0.2) is 24.4 Å². The Balaban J connectivity index is 2.17. The van der Waals surface area contributed by atoms with Crippen LogP contribution in [0.3, 0.4) is 0 Å². The van der Waals surface area contributed by atoms with Gasteiger partial charge in [-0.3, -0.25) is 0 Å². The zero-order chi connectivity index (χ0) is 20.4. The van der Waals surface area contributed by atoms with Crippen LogP contribution in [0.1, 0.15) is 62.4 Å². The molecule has 28 heavy (non-hydrogen) atoms. The summed E-state index contributed by atoms with van der Waals surface area (Å²) in [5, 5.41) is 13.1. The quantitative estimate of drug-likeness (QED) is 0.590. The Morgan fingerprint density at radius 2 is 1.89 bits per heavy atom. The minimum Gasteiger partial charge on any atom is -0.394 e. The van der Waals surface area contributed by atoms with Gasteiger partial charge in [-0.15, -0.1) is 0 Å². The Labute approximate surface area is 167 Å². The number of rotatable bonds is 7. The number of nitrogens with zero attached hydrogens (tertiary/aromatic N) is 3. The Morgan fingerprint density at radius 1 is 1.14 bits per heavy atom. The molecule has 0 bridgehead atoms. The minimum atomic E-state index is 0.0908. The second-order valence-corrected chi connectivity index (χ2v) is 7.90. The maximum atomic E-state index is 9.86. The molecule has 0 fully saturated rings. The summed E-state index contributed by atoms with van der Waals surface area (Å²) in [5.41, 5.74) is 7.36. The van der Waals surface area contributed by atoms with E-state index in [0.29, 0.717) is 5.92 Å². The van der Waals surface area contributed by atoms with E-state index in [0.717, 1.165) is 57.8 Å². The number of fused-ring (bicyclic) bond motifs is 1. The third-order valence-electron chi connectivity index (χ3n) is 5.40. The van der Waals surface area contributed by atoms with E-state index in [9.17, 15) is 5.11 Å². The van der Waals surface area contributed by atoms with Gasteiger partial charge in [-0.1, -0.05) is 27.2 Å². The molecule has 0 aromatic carbocycles. The number of nitrogens with one attached hydrogen (secondary N) is 1. The third-order valence-corrected chi connectivity index (χ3v) is 5.40. The molecule has 3 aromatic rings. The number of pyridine rings is 2. The van der Waals surface area contributed by atoms with Gasteiger partial charge in [0.1, 0.15) is 5.82 Å². The Kier molecular flexibility index (Phi) is 6.04. The first-order valence-electron chi connectivity index (χ1n) is 10.2. The summed E-state index contributed by atoms with van der Waals surface area (Å²) in [5.74, 6) is 1.24. The predicted molar refractivity (Wildman–Crippen MR) is 117 cm³/mol. The van der Waals surface area contributed by atoms with E-state index < -0.39 is 0 Å². The molecule has 2 N–H and O–H groups in total. The molecule has 0 radical (unpaired) electrons. The van der Waals surface area contributed by atoms with Crippen LogP contribution in [0.5, 0.6) is 0 Å². The highest BCUT2D eigenvalue weighted by atomic mass is 16.3. The Morgan fingerprint density at radius 3 is 2.50 bits per heavy atom. The molecule has 3 rings (SSSR count). The molecule has 0 aliphatic rings. The van der Waals surface area contributed by atoms with Gasteiger partial charge in [-0.2, -0.15) is 0 Å². The molecule has 0 unspecified atom stereocenters. The average molecular weight is 381 g/mol. The molecule has 0 aliphatic carbocycles. The lowest BCUT2D eigenvalue weighted by atomic mass is 10.0. The topological polar surface area (TPSA) is 63.0 Å². The average Bonchev–Trinajstić information content (AvgIpc) is 3.00. The Hall–Kier alpha value is -2.40. The number of aryl methyl sites for hydroxylation is 2. The molecule has 5 nitrogen and oxygen atoms in total. The first kappa shape index (κ1) is 20.3. The fourth-order valence-corrected chi connectivity index (χ4v) is 3.83. The molecule has 1 atom stereocenters. The molecule has 3 aromatic heterocycles. The Bertz CT molecular complexity index is 974. The van der Waals surface area contributed by atoms with Crippen molar-refractivity contribution >= 4 is 16.9 Å². The van der Waals surface area contributed by atoms with E-state index in [4.69, 9.17) is 9.97 Å². The SMILES string of the molecule is CCC[C@@H](CO)n1cc(C)c2nc(-c3ccc(C(C)C)nc3NC)c(C)cc21. The highest BCUT2D eigenvalue weighted by Gasteiger charge is 2.18. The van der Waals surface area contributed by atoms with Gasteiger partial charge in [0.2, 0.25) is 0 Å². The monoisotopic (exact) mass is 380 g/mol. The molecule has 0 amide bonds. The van der Waals surface area contributed by atoms with Gasteiger partial charge in [0, 0.05) is 24.5 Å². The summed E-state index contributed by atoms with van der Waals surface area (Å²) < 4.78 is 2.19. The lowest BCUT2D eigenvalue weighted by Crippen LogP contribution is -2.12. The van der Waals surface area contributed by atoms with Crippen molar-refractivity contribution in [2.75, 3.05) is 19.0 Å². The van der Waals surface area contributed by atoms with Gasteiger partial charge in [0.05, 0.1) is 29.4 Å².